The van der Waals surface area contributed by atoms with Gasteiger partial charge in [-0.1, -0.05) is 18.2 Å². The summed E-state index contributed by atoms with van der Waals surface area (Å²) in [6.45, 7) is 4.76. The molecule has 0 bridgehead atoms. The van der Waals surface area contributed by atoms with Gasteiger partial charge >= 0.3 is 0 Å². The standard InChI is InChI=1S/C20H26N4O2/c1-15-6-7-16(19(11-15)26-18-8-10-25-14-18)12-23-20(21-2)24-13-17-5-3-4-9-22-17/h3-7,9,11,18H,8,10,12-14H2,1-2H3,(H2,21,23,24). The zero-order chi connectivity index (χ0) is 18.2. The summed E-state index contributed by atoms with van der Waals surface area (Å²) < 4.78 is 11.6. The molecular formula is C20H26N4O2. The number of aromatic nitrogens is 1. The van der Waals surface area contributed by atoms with Gasteiger partial charge in [0.1, 0.15) is 11.9 Å². The van der Waals surface area contributed by atoms with Gasteiger partial charge in [-0.05, 0) is 30.7 Å². The molecule has 0 aliphatic carbocycles. The lowest BCUT2D eigenvalue weighted by Gasteiger charge is -2.18. The van der Waals surface area contributed by atoms with Crippen molar-refractivity contribution in [2.75, 3.05) is 20.3 Å². The van der Waals surface area contributed by atoms with E-state index in [0.717, 1.165) is 36.0 Å². The first-order chi connectivity index (χ1) is 12.7. The van der Waals surface area contributed by atoms with Crippen LogP contribution in [0.3, 0.4) is 0 Å². The van der Waals surface area contributed by atoms with Crippen molar-refractivity contribution in [2.45, 2.75) is 32.5 Å². The second kappa shape index (κ2) is 9.20. The van der Waals surface area contributed by atoms with Crippen LogP contribution in [0, 0.1) is 6.92 Å². The molecule has 1 atom stereocenters. The van der Waals surface area contributed by atoms with E-state index < -0.39 is 0 Å². The average Bonchev–Trinajstić information content (AvgIpc) is 3.17. The van der Waals surface area contributed by atoms with Gasteiger partial charge in [0.2, 0.25) is 0 Å². The molecule has 6 heteroatoms. The number of rotatable bonds is 6. The molecule has 6 nitrogen and oxygen atoms in total. The van der Waals surface area contributed by atoms with E-state index in [-0.39, 0.29) is 6.10 Å². The van der Waals surface area contributed by atoms with Crippen LogP contribution in [0.15, 0.2) is 47.6 Å². The number of nitrogens with zero attached hydrogens (tertiary/aromatic N) is 2. The molecule has 26 heavy (non-hydrogen) atoms. The first kappa shape index (κ1) is 18.2. The number of hydrogen-bond acceptors (Lipinski definition) is 4. The second-order valence-electron chi connectivity index (χ2n) is 6.32. The van der Waals surface area contributed by atoms with E-state index in [1.807, 2.05) is 18.2 Å². The highest BCUT2D eigenvalue weighted by molar-refractivity contribution is 5.79. The molecule has 0 spiro atoms. The first-order valence-corrected chi connectivity index (χ1v) is 8.93. The minimum Gasteiger partial charge on any atom is -0.488 e. The highest BCUT2D eigenvalue weighted by Crippen LogP contribution is 2.23. The number of benzene rings is 1. The molecule has 1 aliphatic rings. The lowest BCUT2D eigenvalue weighted by Crippen LogP contribution is -2.36. The summed E-state index contributed by atoms with van der Waals surface area (Å²) in [6.07, 6.45) is 2.86. The van der Waals surface area contributed by atoms with Gasteiger partial charge in [-0.25, -0.2) is 0 Å². The van der Waals surface area contributed by atoms with Crippen LogP contribution in [0.5, 0.6) is 5.75 Å². The van der Waals surface area contributed by atoms with E-state index in [2.05, 4.69) is 45.7 Å². The minimum atomic E-state index is 0.136. The first-order valence-electron chi connectivity index (χ1n) is 8.93. The van der Waals surface area contributed by atoms with Crippen molar-refractivity contribution in [1.29, 1.82) is 0 Å². The lowest BCUT2D eigenvalue weighted by atomic mass is 10.1. The molecule has 3 rings (SSSR count). The van der Waals surface area contributed by atoms with Gasteiger partial charge in [0.25, 0.3) is 0 Å². The Morgan fingerprint density at radius 2 is 2.15 bits per heavy atom. The van der Waals surface area contributed by atoms with Crippen LogP contribution >= 0.6 is 0 Å². The van der Waals surface area contributed by atoms with Crippen LogP contribution in [0.25, 0.3) is 0 Å². The van der Waals surface area contributed by atoms with Gasteiger partial charge in [0, 0.05) is 31.8 Å². The molecular weight excluding hydrogens is 328 g/mol. The molecule has 2 aromatic rings. The van der Waals surface area contributed by atoms with E-state index in [0.29, 0.717) is 19.7 Å². The molecule has 0 radical (unpaired) electrons. The SMILES string of the molecule is CN=C(NCc1ccccn1)NCc1ccc(C)cc1OC1CCOC1. The van der Waals surface area contributed by atoms with Crippen LogP contribution in [-0.4, -0.2) is 37.3 Å². The second-order valence-corrected chi connectivity index (χ2v) is 6.32. The van der Waals surface area contributed by atoms with Gasteiger partial charge in [-0.3, -0.25) is 9.98 Å². The molecule has 2 N–H and O–H groups in total. The van der Waals surface area contributed by atoms with Gasteiger partial charge in [-0.15, -0.1) is 0 Å². The van der Waals surface area contributed by atoms with Crippen molar-refractivity contribution in [2.24, 2.45) is 4.99 Å². The zero-order valence-electron chi connectivity index (χ0n) is 15.4. The molecule has 1 fully saturated rings. The van der Waals surface area contributed by atoms with Crippen LogP contribution in [0.2, 0.25) is 0 Å². The predicted molar refractivity (Wildman–Crippen MR) is 102 cm³/mol. The van der Waals surface area contributed by atoms with E-state index >= 15 is 0 Å². The quantitative estimate of drug-likeness (QED) is 0.616. The van der Waals surface area contributed by atoms with Gasteiger partial charge in [-0.2, -0.15) is 0 Å². The Morgan fingerprint density at radius 1 is 1.27 bits per heavy atom. The number of ether oxygens (including phenoxy) is 2. The Labute approximate surface area is 154 Å². The van der Waals surface area contributed by atoms with Crippen LogP contribution in [-0.2, 0) is 17.8 Å². The van der Waals surface area contributed by atoms with Crippen molar-refractivity contribution in [1.82, 2.24) is 15.6 Å². The summed E-state index contributed by atoms with van der Waals surface area (Å²) in [5.41, 5.74) is 3.25. The van der Waals surface area contributed by atoms with E-state index in [1.165, 1.54) is 5.56 Å². The summed E-state index contributed by atoms with van der Waals surface area (Å²) in [5.74, 6) is 1.64. The summed E-state index contributed by atoms with van der Waals surface area (Å²) in [5, 5.41) is 6.62. The number of pyridine rings is 1. The van der Waals surface area contributed by atoms with Crippen molar-refractivity contribution >= 4 is 5.96 Å². The summed E-state index contributed by atoms with van der Waals surface area (Å²) >= 11 is 0. The Hall–Kier alpha value is -2.60. The molecule has 0 amide bonds. The summed E-state index contributed by atoms with van der Waals surface area (Å²) in [4.78, 5) is 8.58. The Kier molecular flexibility index (Phi) is 6.44. The third-order valence-corrected chi connectivity index (χ3v) is 4.24. The average molecular weight is 354 g/mol. The van der Waals surface area contributed by atoms with Crippen LogP contribution in [0.1, 0.15) is 23.2 Å². The number of hydrogen-bond donors (Lipinski definition) is 2. The topological polar surface area (TPSA) is 67.8 Å². The maximum atomic E-state index is 6.15. The maximum Gasteiger partial charge on any atom is 0.191 e. The molecule has 138 valence electrons. The Balaban J connectivity index is 1.58. The largest absolute Gasteiger partial charge is 0.488 e. The molecule has 2 heterocycles. The molecule has 0 saturated carbocycles. The van der Waals surface area contributed by atoms with Gasteiger partial charge < -0.3 is 20.1 Å². The molecule has 1 aromatic carbocycles. The molecule has 1 unspecified atom stereocenters. The molecule has 1 aliphatic heterocycles. The van der Waals surface area contributed by atoms with Crippen LogP contribution < -0.4 is 15.4 Å². The Morgan fingerprint density at radius 3 is 2.88 bits per heavy atom. The fraction of sp³-hybridized carbons (Fsp3) is 0.400. The molecule has 1 saturated heterocycles. The highest BCUT2D eigenvalue weighted by Gasteiger charge is 2.18. The number of aliphatic imine (C=N–C) groups is 1. The fourth-order valence-corrected chi connectivity index (χ4v) is 2.78. The zero-order valence-corrected chi connectivity index (χ0v) is 15.4. The normalized spacial score (nSPS) is 17.2. The highest BCUT2D eigenvalue weighted by atomic mass is 16.5. The monoisotopic (exact) mass is 354 g/mol. The van der Waals surface area contributed by atoms with Crippen molar-refractivity contribution in [3.05, 3.63) is 59.4 Å². The Bertz CT molecular complexity index is 728. The minimum absolute atomic E-state index is 0.136. The van der Waals surface area contributed by atoms with Crippen molar-refractivity contribution < 1.29 is 9.47 Å². The molecule has 1 aromatic heterocycles. The van der Waals surface area contributed by atoms with Crippen molar-refractivity contribution in [3.63, 3.8) is 0 Å². The smallest absolute Gasteiger partial charge is 0.191 e. The van der Waals surface area contributed by atoms with E-state index in [4.69, 9.17) is 9.47 Å². The van der Waals surface area contributed by atoms with E-state index in [9.17, 15) is 0 Å². The number of guanidine groups is 1. The summed E-state index contributed by atoms with van der Waals surface area (Å²) in [7, 11) is 1.76. The predicted octanol–water partition coefficient (Wildman–Crippen LogP) is 2.42. The summed E-state index contributed by atoms with van der Waals surface area (Å²) in [6, 6.07) is 12.1. The number of aryl methyl sites for hydroxylation is 1. The van der Waals surface area contributed by atoms with Crippen molar-refractivity contribution in [3.8, 4) is 5.75 Å². The van der Waals surface area contributed by atoms with E-state index in [1.54, 1.807) is 13.2 Å². The maximum absolute atomic E-state index is 6.15. The number of nitrogens with one attached hydrogen (secondary N) is 2. The van der Waals surface area contributed by atoms with Gasteiger partial charge in [0.15, 0.2) is 5.96 Å². The van der Waals surface area contributed by atoms with Crippen LogP contribution in [0.4, 0.5) is 0 Å². The third-order valence-electron chi connectivity index (χ3n) is 4.24. The fourth-order valence-electron chi connectivity index (χ4n) is 2.78. The lowest BCUT2D eigenvalue weighted by molar-refractivity contribution is 0.140. The van der Waals surface area contributed by atoms with Gasteiger partial charge in [0.05, 0.1) is 25.5 Å². The third kappa shape index (κ3) is 5.20.